The molecule has 0 unspecified atom stereocenters. The average Bonchev–Trinajstić information content (AvgIpc) is 2.17. The molecular formula is C8H10F3NO4. The lowest BCUT2D eigenvalue weighted by atomic mass is 9.90. The molecule has 1 heterocycles. The molecule has 0 bridgehead atoms. The molecular weight excluding hydrogens is 231 g/mol. The first kappa shape index (κ1) is 12.8. The molecule has 0 atom stereocenters. The van der Waals surface area contributed by atoms with Crippen LogP contribution in [0.1, 0.15) is 12.8 Å². The zero-order valence-electron chi connectivity index (χ0n) is 8.13. The van der Waals surface area contributed by atoms with E-state index in [4.69, 9.17) is 9.84 Å². The fraction of sp³-hybridized carbons (Fsp3) is 0.750. The molecule has 0 saturated carbocycles. The maximum Gasteiger partial charge on any atom is 0.471 e. The highest BCUT2D eigenvalue weighted by molar-refractivity contribution is 5.89. The Hall–Kier alpha value is -1.31. The third-order valence-corrected chi connectivity index (χ3v) is 2.37. The van der Waals surface area contributed by atoms with Gasteiger partial charge in [0.15, 0.2) is 0 Å². The van der Waals surface area contributed by atoms with Crippen molar-refractivity contribution in [1.29, 1.82) is 0 Å². The zero-order valence-corrected chi connectivity index (χ0v) is 8.13. The minimum Gasteiger partial charge on any atom is -0.480 e. The van der Waals surface area contributed by atoms with Crippen LogP contribution in [-0.2, 0) is 14.3 Å². The Kier molecular flexibility index (Phi) is 3.41. The van der Waals surface area contributed by atoms with E-state index in [0.717, 1.165) is 0 Å². The zero-order chi connectivity index (χ0) is 12.4. The largest absolute Gasteiger partial charge is 0.480 e. The smallest absolute Gasteiger partial charge is 0.471 e. The number of carboxylic acid groups (broad SMARTS) is 1. The van der Waals surface area contributed by atoms with Crippen LogP contribution in [0.2, 0.25) is 0 Å². The molecule has 92 valence electrons. The van der Waals surface area contributed by atoms with Crippen LogP contribution in [0.4, 0.5) is 13.2 Å². The summed E-state index contributed by atoms with van der Waals surface area (Å²) in [5, 5.41) is 10.4. The van der Waals surface area contributed by atoms with Gasteiger partial charge in [-0.3, -0.25) is 4.79 Å². The summed E-state index contributed by atoms with van der Waals surface area (Å²) in [6.45, 7) is 0.00880. The number of aliphatic carboxylic acids is 1. The summed E-state index contributed by atoms with van der Waals surface area (Å²) >= 11 is 0. The second-order valence-electron chi connectivity index (χ2n) is 3.45. The summed E-state index contributed by atoms with van der Waals surface area (Å²) in [6.07, 6.45) is -5.44. The minimum absolute atomic E-state index is 0.00440. The van der Waals surface area contributed by atoms with Gasteiger partial charge in [-0.25, -0.2) is 4.79 Å². The van der Waals surface area contributed by atoms with Gasteiger partial charge in [-0.1, -0.05) is 0 Å². The Morgan fingerprint density at radius 3 is 2.12 bits per heavy atom. The number of amides is 1. The number of rotatable bonds is 2. The SMILES string of the molecule is O=C(NC1(C(=O)O)CCOCC1)C(F)(F)F. The van der Waals surface area contributed by atoms with E-state index in [2.05, 4.69) is 0 Å². The average molecular weight is 241 g/mol. The number of carboxylic acids is 1. The predicted molar refractivity (Wildman–Crippen MR) is 44.6 cm³/mol. The van der Waals surface area contributed by atoms with Crippen molar-refractivity contribution >= 4 is 11.9 Å². The van der Waals surface area contributed by atoms with Crippen molar-refractivity contribution in [3.05, 3.63) is 0 Å². The summed E-state index contributed by atoms with van der Waals surface area (Å²) in [5.41, 5.74) is -1.87. The number of hydrogen-bond acceptors (Lipinski definition) is 3. The Morgan fingerprint density at radius 1 is 1.25 bits per heavy atom. The van der Waals surface area contributed by atoms with Gasteiger partial charge in [-0.2, -0.15) is 13.2 Å². The fourth-order valence-electron chi connectivity index (χ4n) is 1.40. The highest BCUT2D eigenvalue weighted by atomic mass is 19.4. The summed E-state index contributed by atoms with van der Waals surface area (Å²) in [5.74, 6) is -3.72. The van der Waals surface area contributed by atoms with E-state index in [9.17, 15) is 22.8 Å². The van der Waals surface area contributed by atoms with Gasteiger partial charge in [0.05, 0.1) is 0 Å². The summed E-state index contributed by atoms with van der Waals surface area (Å²) in [6, 6.07) is 0. The van der Waals surface area contributed by atoms with Gasteiger partial charge in [0.1, 0.15) is 5.54 Å². The van der Waals surface area contributed by atoms with E-state index in [0.29, 0.717) is 0 Å². The lowest BCUT2D eigenvalue weighted by molar-refractivity contribution is -0.179. The minimum atomic E-state index is -5.08. The predicted octanol–water partition coefficient (Wildman–Crippen LogP) is 0.299. The van der Waals surface area contributed by atoms with Crippen molar-refractivity contribution in [3.8, 4) is 0 Å². The number of carbonyl (C=O) groups is 2. The molecule has 5 nitrogen and oxygen atoms in total. The van der Waals surface area contributed by atoms with E-state index in [1.165, 1.54) is 5.32 Å². The molecule has 1 saturated heterocycles. The van der Waals surface area contributed by atoms with Crippen LogP contribution >= 0.6 is 0 Å². The van der Waals surface area contributed by atoms with Crippen molar-refractivity contribution in [2.45, 2.75) is 24.6 Å². The first-order valence-electron chi connectivity index (χ1n) is 4.48. The van der Waals surface area contributed by atoms with Gasteiger partial charge in [0.25, 0.3) is 0 Å². The van der Waals surface area contributed by atoms with Gasteiger partial charge < -0.3 is 15.2 Å². The molecule has 1 fully saturated rings. The number of alkyl halides is 3. The molecule has 1 rings (SSSR count). The quantitative estimate of drug-likeness (QED) is 0.729. The molecule has 2 N–H and O–H groups in total. The Bertz CT molecular complexity index is 296. The molecule has 0 aromatic heterocycles. The van der Waals surface area contributed by atoms with E-state index in [1.54, 1.807) is 0 Å². The number of carbonyl (C=O) groups excluding carboxylic acids is 1. The number of nitrogens with one attached hydrogen (secondary N) is 1. The van der Waals surface area contributed by atoms with Crippen molar-refractivity contribution in [2.24, 2.45) is 0 Å². The van der Waals surface area contributed by atoms with Gasteiger partial charge in [0, 0.05) is 26.1 Å². The highest BCUT2D eigenvalue weighted by Crippen LogP contribution is 2.24. The lowest BCUT2D eigenvalue weighted by Crippen LogP contribution is -2.60. The van der Waals surface area contributed by atoms with Crippen molar-refractivity contribution in [1.82, 2.24) is 5.32 Å². The van der Waals surface area contributed by atoms with Crippen LogP contribution in [0.5, 0.6) is 0 Å². The molecule has 1 amide bonds. The molecule has 8 heteroatoms. The van der Waals surface area contributed by atoms with Gasteiger partial charge in [-0.15, -0.1) is 0 Å². The maximum absolute atomic E-state index is 12.0. The number of ether oxygens (including phenoxy) is 1. The molecule has 0 radical (unpaired) electrons. The summed E-state index contributed by atoms with van der Waals surface area (Å²) in [4.78, 5) is 21.6. The topological polar surface area (TPSA) is 75.6 Å². The monoisotopic (exact) mass is 241 g/mol. The standard InChI is InChI=1S/C8H10F3NO4/c9-8(10,11)5(13)12-7(6(14)15)1-3-16-4-2-7/h1-4H2,(H,12,13)(H,14,15). The van der Waals surface area contributed by atoms with Crippen LogP contribution in [0.3, 0.4) is 0 Å². The Labute approximate surface area is 88.6 Å². The van der Waals surface area contributed by atoms with Crippen LogP contribution < -0.4 is 5.32 Å². The van der Waals surface area contributed by atoms with Gasteiger partial charge in [-0.05, 0) is 0 Å². The Balaban J connectivity index is 2.79. The second-order valence-corrected chi connectivity index (χ2v) is 3.45. The normalized spacial score (nSPS) is 20.2. The van der Waals surface area contributed by atoms with Crippen LogP contribution in [0.15, 0.2) is 0 Å². The van der Waals surface area contributed by atoms with Crippen molar-refractivity contribution < 1.29 is 32.6 Å². The van der Waals surface area contributed by atoms with Crippen molar-refractivity contribution in [3.63, 3.8) is 0 Å². The van der Waals surface area contributed by atoms with Crippen LogP contribution in [-0.4, -0.2) is 41.9 Å². The summed E-state index contributed by atoms with van der Waals surface area (Å²) < 4.78 is 40.9. The molecule has 0 aromatic rings. The van der Waals surface area contributed by atoms with E-state index >= 15 is 0 Å². The molecule has 0 aromatic carbocycles. The fourth-order valence-corrected chi connectivity index (χ4v) is 1.40. The molecule has 0 spiro atoms. The number of hydrogen-bond donors (Lipinski definition) is 2. The number of halogens is 3. The van der Waals surface area contributed by atoms with E-state index in [-0.39, 0.29) is 26.1 Å². The van der Waals surface area contributed by atoms with Gasteiger partial charge in [0.2, 0.25) is 0 Å². The van der Waals surface area contributed by atoms with Crippen LogP contribution in [0, 0.1) is 0 Å². The third-order valence-electron chi connectivity index (χ3n) is 2.37. The highest BCUT2D eigenvalue weighted by Gasteiger charge is 2.48. The molecule has 16 heavy (non-hydrogen) atoms. The first-order chi connectivity index (χ1) is 7.28. The van der Waals surface area contributed by atoms with Gasteiger partial charge >= 0.3 is 18.1 Å². The summed E-state index contributed by atoms with van der Waals surface area (Å²) in [7, 11) is 0. The maximum atomic E-state index is 12.0. The molecule has 0 aliphatic carbocycles. The second kappa shape index (κ2) is 4.28. The van der Waals surface area contributed by atoms with E-state index < -0.39 is 23.6 Å². The molecule has 1 aliphatic rings. The first-order valence-corrected chi connectivity index (χ1v) is 4.48. The van der Waals surface area contributed by atoms with Crippen molar-refractivity contribution in [2.75, 3.05) is 13.2 Å². The lowest BCUT2D eigenvalue weighted by Gasteiger charge is -2.33. The third kappa shape index (κ3) is 2.63. The molecule has 1 aliphatic heterocycles. The van der Waals surface area contributed by atoms with E-state index in [1.807, 2.05) is 0 Å². The van der Waals surface area contributed by atoms with Crippen LogP contribution in [0.25, 0.3) is 0 Å². The Morgan fingerprint density at radius 2 is 1.75 bits per heavy atom.